The van der Waals surface area contributed by atoms with Crippen molar-refractivity contribution in [2.24, 2.45) is 0 Å². The minimum Gasteiger partial charge on any atom is -0.459 e. The van der Waals surface area contributed by atoms with Crippen molar-refractivity contribution in [1.29, 1.82) is 0 Å². The summed E-state index contributed by atoms with van der Waals surface area (Å²) in [5.41, 5.74) is 0.232. The van der Waals surface area contributed by atoms with E-state index >= 15 is 0 Å². The number of esters is 1. The molecule has 0 saturated carbocycles. The number of rotatable bonds is 6. The molecule has 11 heteroatoms. The van der Waals surface area contributed by atoms with E-state index in [0.717, 1.165) is 6.07 Å². The summed E-state index contributed by atoms with van der Waals surface area (Å²) in [6.45, 7) is 3.43. The SMILES string of the molecule is CCOC(=O)c1nnc(-c2ccc(N3CC(CNC(C)=O)OC3=O)cc2F)o1. The largest absolute Gasteiger partial charge is 0.459 e. The minimum absolute atomic E-state index is 0.0332. The minimum atomic E-state index is -0.802. The van der Waals surface area contributed by atoms with Crippen LogP contribution in [0.5, 0.6) is 0 Å². The number of cyclic esters (lactones) is 1. The number of amides is 2. The Morgan fingerprint density at radius 1 is 1.39 bits per heavy atom. The molecule has 0 spiro atoms. The molecule has 2 heterocycles. The van der Waals surface area contributed by atoms with Gasteiger partial charge in [0.15, 0.2) is 0 Å². The van der Waals surface area contributed by atoms with Crippen LogP contribution in [0.1, 0.15) is 24.5 Å². The van der Waals surface area contributed by atoms with Crippen molar-refractivity contribution in [1.82, 2.24) is 15.5 Å². The number of nitrogens with zero attached hydrogens (tertiary/aromatic N) is 3. The quantitative estimate of drug-likeness (QED) is 0.734. The van der Waals surface area contributed by atoms with E-state index in [-0.39, 0.29) is 48.6 Å². The molecule has 0 bridgehead atoms. The number of aromatic nitrogens is 2. The van der Waals surface area contributed by atoms with Crippen LogP contribution in [0.4, 0.5) is 14.9 Å². The average Bonchev–Trinajstić information content (AvgIpc) is 3.27. The van der Waals surface area contributed by atoms with Gasteiger partial charge >= 0.3 is 18.0 Å². The highest BCUT2D eigenvalue weighted by atomic mass is 19.1. The Hall–Kier alpha value is -3.50. The highest BCUT2D eigenvalue weighted by Gasteiger charge is 2.33. The van der Waals surface area contributed by atoms with Gasteiger partial charge in [-0.25, -0.2) is 14.0 Å². The fraction of sp³-hybridized carbons (Fsp3) is 0.353. The highest BCUT2D eigenvalue weighted by molar-refractivity contribution is 5.90. The summed E-state index contributed by atoms with van der Waals surface area (Å²) < 4.78 is 29.6. The molecule has 3 rings (SSSR count). The van der Waals surface area contributed by atoms with Gasteiger partial charge in [-0.05, 0) is 25.1 Å². The molecular weight excluding hydrogens is 375 g/mol. The molecule has 2 amide bonds. The number of carbonyl (C=O) groups is 3. The molecule has 1 fully saturated rings. The van der Waals surface area contributed by atoms with Crippen molar-refractivity contribution in [2.75, 3.05) is 24.6 Å². The molecule has 1 N–H and O–H groups in total. The van der Waals surface area contributed by atoms with Gasteiger partial charge in [0.25, 0.3) is 5.89 Å². The second-order valence-electron chi connectivity index (χ2n) is 5.85. The second-order valence-corrected chi connectivity index (χ2v) is 5.85. The smallest absolute Gasteiger partial charge is 0.414 e. The molecule has 148 valence electrons. The third-order valence-electron chi connectivity index (χ3n) is 3.82. The zero-order valence-electron chi connectivity index (χ0n) is 15.1. The first kappa shape index (κ1) is 19.3. The van der Waals surface area contributed by atoms with Crippen molar-refractivity contribution in [3.63, 3.8) is 0 Å². The molecule has 1 aromatic carbocycles. The van der Waals surface area contributed by atoms with E-state index in [0.29, 0.717) is 0 Å². The normalized spacial score (nSPS) is 16.0. The van der Waals surface area contributed by atoms with E-state index in [9.17, 15) is 18.8 Å². The van der Waals surface area contributed by atoms with Gasteiger partial charge in [0.2, 0.25) is 5.91 Å². The zero-order valence-corrected chi connectivity index (χ0v) is 15.1. The Morgan fingerprint density at radius 3 is 2.86 bits per heavy atom. The van der Waals surface area contributed by atoms with E-state index in [1.807, 2.05) is 0 Å². The second kappa shape index (κ2) is 8.03. The van der Waals surface area contributed by atoms with Gasteiger partial charge in [0, 0.05) is 6.92 Å². The third kappa shape index (κ3) is 4.08. The molecule has 1 aliphatic rings. The summed E-state index contributed by atoms with van der Waals surface area (Å²) in [5, 5.41) is 9.73. The lowest BCUT2D eigenvalue weighted by atomic mass is 10.1. The predicted octanol–water partition coefficient (Wildman–Crippen LogP) is 1.51. The standard InChI is InChI=1S/C17H17FN4O6/c1-3-26-16(24)15-21-20-14(28-15)12-5-4-10(6-13(12)18)22-8-11(27-17(22)25)7-19-9(2)23/h4-6,11H,3,7-8H2,1-2H3,(H,19,23). The summed E-state index contributed by atoms with van der Waals surface area (Å²) in [4.78, 5) is 35.8. The Kier molecular flexibility index (Phi) is 5.52. The number of nitrogens with one attached hydrogen (secondary N) is 1. The highest BCUT2D eigenvalue weighted by Crippen LogP contribution is 2.28. The maximum absolute atomic E-state index is 14.5. The van der Waals surface area contributed by atoms with Crippen LogP contribution < -0.4 is 10.2 Å². The van der Waals surface area contributed by atoms with Crippen LogP contribution in [-0.2, 0) is 14.3 Å². The van der Waals surface area contributed by atoms with E-state index in [1.54, 1.807) is 6.92 Å². The van der Waals surface area contributed by atoms with Gasteiger partial charge in [-0.1, -0.05) is 0 Å². The van der Waals surface area contributed by atoms with E-state index in [4.69, 9.17) is 13.9 Å². The Morgan fingerprint density at radius 2 is 2.18 bits per heavy atom. The predicted molar refractivity (Wildman–Crippen MR) is 91.9 cm³/mol. The first-order chi connectivity index (χ1) is 13.4. The van der Waals surface area contributed by atoms with E-state index in [2.05, 4.69) is 15.5 Å². The van der Waals surface area contributed by atoms with Gasteiger partial charge in [0.05, 0.1) is 30.9 Å². The van der Waals surface area contributed by atoms with Crippen molar-refractivity contribution >= 4 is 23.7 Å². The van der Waals surface area contributed by atoms with Crippen LogP contribution >= 0.6 is 0 Å². The van der Waals surface area contributed by atoms with Crippen LogP contribution in [0.3, 0.4) is 0 Å². The fourth-order valence-corrected chi connectivity index (χ4v) is 2.55. The van der Waals surface area contributed by atoms with Crippen molar-refractivity contribution in [2.45, 2.75) is 20.0 Å². The molecule has 28 heavy (non-hydrogen) atoms. The Bertz CT molecular complexity index is 915. The molecule has 1 aromatic heterocycles. The molecule has 0 radical (unpaired) electrons. The molecule has 1 aliphatic heterocycles. The number of ether oxygens (including phenoxy) is 2. The number of hydrogen-bond donors (Lipinski definition) is 1. The van der Waals surface area contributed by atoms with Gasteiger partial charge in [0.1, 0.15) is 11.9 Å². The van der Waals surface area contributed by atoms with Crippen LogP contribution in [0.25, 0.3) is 11.5 Å². The van der Waals surface area contributed by atoms with Gasteiger partial charge in [-0.2, -0.15) is 0 Å². The molecule has 2 aromatic rings. The van der Waals surface area contributed by atoms with Gasteiger partial charge in [-0.3, -0.25) is 9.69 Å². The average molecular weight is 392 g/mol. The summed E-state index contributed by atoms with van der Waals surface area (Å²) in [6, 6.07) is 3.95. The molecule has 1 unspecified atom stereocenters. The first-order valence-corrected chi connectivity index (χ1v) is 8.42. The zero-order chi connectivity index (χ0) is 20.3. The maximum atomic E-state index is 14.5. The number of halogens is 1. The maximum Gasteiger partial charge on any atom is 0.414 e. The van der Waals surface area contributed by atoms with E-state index in [1.165, 1.54) is 24.0 Å². The van der Waals surface area contributed by atoms with Crippen molar-refractivity contribution in [3.8, 4) is 11.5 Å². The molecular formula is C17H17FN4O6. The molecule has 10 nitrogen and oxygen atoms in total. The van der Waals surface area contributed by atoms with Crippen molar-refractivity contribution in [3.05, 3.63) is 29.9 Å². The molecule has 0 aliphatic carbocycles. The summed E-state index contributed by atoms with van der Waals surface area (Å²) >= 11 is 0. The Labute approximate surface area is 158 Å². The fourth-order valence-electron chi connectivity index (χ4n) is 2.55. The van der Waals surface area contributed by atoms with Crippen LogP contribution in [0, 0.1) is 5.82 Å². The van der Waals surface area contributed by atoms with Gasteiger partial charge in [-0.15, -0.1) is 10.2 Å². The van der Waals surface area contributed by atoms with Crippen LogP contribution in [-0.4, -0.2) is 54.0 Å². The van der Waals surface area contributed by atoms with Crippen molar-refractivity contribution < 1.29 is 32.7 Å². The molecule has 1 saturated heterocycles. The lowest BCUT2D eigenvalue weighted by molar-refractivity contribution is -0.119. The summed E-state index contributed by atoms with van der Waals surface area (Å²) in [5.74, 6) is -2.35. The summed E-state index contributed by atoms with van der Waals surface area (Å²) in [7, 11) is 0. The monoisotopic (exact) mass is 392 g/mol. The lowest BCUT2D eigenvalue weighted by Crippen LogP contribution is -2.33. The topological polar surface area (TPSA) is 124 Å². The molecule has 1 atom stereocenters. The number of benzene rings is 1. The van der Waals surface area contributed by atoms with Crippen LogP contribution in [0.2, 0.25) is 0 Å². The first-order valence-electron chi connectivity index (χ1n) is 8.42. The summed E-state index contributed by atoms with van der Waals surface area (Å²) in [6.07, 6.45) is -1.19. The van der Waals surface area contributed by atoms with Crippen LogP contribution in [0.15, 0.2) is 22.6 Å². The number of carbonyl (C=O) groups excluding carboxylic acids is 3. The van der Waals surface area contributed by atoms with E-state index < -0.39 is 24.0 Å². The number of anilines is 1. The third-order valence-corrected chi connectivity index (χ3v) is 3.82. The Balaban J connectivity index is 1.75. The lowest BCUT2D eigenvalue weighted by Gasteiger charge is -2.13. The number of hydrogen-bond acceptors (Lipinski definition) is 8. The van der Waals surface area contributed by atoms with Gasteiger partial charge < -0.3 is 19.2 Å².